The van der Waals surface area contributed by atoms with Gasteiger partial charge in [0.25, 0.3) is 0 Å². The Balaban J connectivity index is 2.96. The van der Waals surface area contributed by atoms with Crippen molar-refractivity contribution in [3.63, 3.8) is 0 Å². The molecule has 0 fully saturated rings. The molecule has 0 aliphatic rings. The van der Waals surface area contributed by atoms with E-state index in [2.05, 4.69) is 20.8 Å². The van der Waals surface area contributed by atoms with Crippen LogP contribution in [0.5, 0.6) is 0 Å². The van der Waals surface area contributed by atoms with Crippen molar-refractivity contribution >= 4 is 5.78 Å². The Morgan fingerprint density at radius 2 is 1.60 bits per heavy atom. The van der Waals surface area contributed by atoms with Crippen LogP contribution >= 0.6 is 0 Å². The largest absolute Gasteiger partial charge is 0.362 e. The van der Waals surface area contributed by atoms with Crippen LogP contribution in [0.3, 0.4) is 0 Å². The van der Waals surface area contributed by atoms with Crippen LogP contribution in [-0.4, -0.2) is 22.3 Å². The van der Waals surface area contributed by atoms with Gasteiger partial charge in [0.05, 0.1) is 0 Å². The fraction of sp³-hybridized carbons (Fsp3) is 0.417. The van der Waals surface area contributed by atoms with Gasteiger partial charge in [-0.15, -0.1) is 0 Å². The van der Waals surface area contributed by atoms with Gasteiger partial charge in [0.1, 0.15) is 0 Å². The Morgan fingerprint density at radius 1 is 1.13 bits per heavy atom. The third-order valence-electron chi connectivity index (χ3n) is 2.27. The molecule has 0 aliphatic heterocycles. The zero-order valence-electron chi connectivity index (χ0n) is 9.19. The predicted molar refractivity (Wildman–Crippen MR) is 57.7 cm³/mol. The Kier molecular flexibility index (Phi) is 3.27. The Morgan fingerprint density at radius 3 is 1.93 bits per heavy atom. The fourth-order valence-electron chi connectivity index (χ4n) is 1.28. The van der Waals surface area contributed by atoms with Crippen molar-refractivity contribution in [1.82, 2.24) is 0 Å². The maximum Gasteiger partial charge on any atom is 0.218 e. The first-order valence-corrected chi connectivity index (χ1v) is 4.83. The van der Waals surface area contributed by atoms with Crippen LogP contribution in [0.25, 0.3) is 0 Å². The van der Waals surface area contributed by atoms with Crippen LogP contribution < -0.4 is 0 Å². The van der Waals surface area contributed by atoms with E-state index in [0.717, 1.165) is 5.56 Å². The molecule has 1 aromatic carbocycles. The monoisotopic (exact) mass is 208 g/mol. The number of ketones is 1. The van der Waals surface area contributed by atoms with Crippen molar-refractivity contribution in [3.05, 3.63) is 35.4 Å². The fourth-order valence-corrected chi connectivity index (χ4v) is 1.28. The number of aliphatic hydroxyl groups is 2. The van der Waals surface area contributed by atoms with Gasteiger partial charge >= 0.3 is 0 Å². The Bertz CT molecular complexity index is 344. The summed E-state index contributed by atoms with van der Waals surface area (Å²) in [5.41, 5.74) is 1.45. The molecule has 0 heterocycles. The zero-order valence-corrected chi connectivity index (χ0v) is 9.19. The highest BCUT2D eigenvalue weighted by molar-refractivity contribution is 5.98. The Hall–Kier alpha value is -1.19. The van der Waals surface area contributed by atoms with Gasteiger partial charge in [-0.25, -0.2) is 0 Å². The average Bonchev–Trinajstić information content (AvgIpc) is 2.15. The van der Waals surface area contributed by atoms with Crippen molar-refractivity contribution in [3.8, 4) is 0 Å². The van der Waals surface area contributed by atoms with Crippen LogP contribution in [0.2, 0.25) is 0 Å². The maximum atomic E-state index is 11.2. The number of benzene rings is 1. The summed E-state index contributed by atoms with van der Waals surface area (Å²) in [6.07, 6.45) is -1.93. The van der Waals surface area contributed by atoms with E-state index in [-0.39, 0.29) is 5.41 Å². The van der Waals surface area contributed by atoms with E-state index < -0.39 is 12.1 Å². The lowest BCUT2D eigenvalue weighted by atomic mass is 9.86. The summed E-state index contributed by atoms with van der Waals surface area (Å²) >= 11 is 0. The number of hydrogen-bond donors (Lipinski definition) is 2. The SMILES string of the molecule is CC(C)(C)c1ccc(C(=O)C(O)O)cc1. The predicted octanol–water partition coefficient (Wildman–Crippen LogP) is 1.48. The summed E-state index contributed by atoms with van der Waals surface area (Å²) in [7, 11) is 0. The topological polar surface area (TPSA) is 57.5 Å². The number of aliphatic hydroxyl groups excluding tert-OH is 1. The first kappa shape index (κ1) is 11.9. The molecule has 3 nitrogen and oxygen atoms in total. The molecule has 0 spiro atoms. The molecule has 0 aliphatic carbocycles. The second-order valence-electron chi connectivity index (χ2n) is 4.57. The molecule has 2 N–H and O–H groups in total. The summed E-state index contributed by atoms with van der Waals surface area (Å²) < 4.78 is 0. The highest BCUT2D eigenvalue weighted by atomic mass is 16.5. The number of rotatable bonds is 2. The van der Waals surface area contributed by atoms with E-state index in [1.165, 1.54) is 0 Å². The standard InChI is InChI=1S/C12H16O3/c1-12(2,3)9-6-4-8(5-7-9)10(13)11(14)15/h4-7,11,14-15H,1-3H3. The van der Waals surface area contributed by atoms with E-state index in [1.807, 2.05) is 12.1 Å². The number of carbonyl (C=O) groups excluding carboxylic acids is 1. The molecule has 0 saturated carbocycles. The minimum absolute atomic E-state index is 0.0272. The molecule has 0 radical (unpaired) electrons. The van der Waals surface area contributed by atoms with Gasteiger partial charge < -0.3 is 10.2 Å². The van der Waals surface area contributed by atoms with Crippen molar-refractivity contribution < 1.29 is 15.0 Å². The normalized spacial score (nSPS) is 11.9. The van der Waals surface area contributed by atoms with E-state index in [0.29, 0.717) is 5.56 Å². The third kappa shape index (κ3) is 2.88. The van der Waals surface area contributed by atoms with Crippen LogP contribution in [-0.2, 0) is 5.41 Å². The number of carbonyl (C=O) groups is 1. The molecule has 0 bridgehead atoms. The second-order valence-corrected chi connectivity index (χ2v) is 4.57. The quantitative estimate of drug-likeness (QED) is 0.571. The van der Waals surface area contributed by atoms with Crippen LogP contribution in [0.4, 0.5) is 0 Å². The van der Waals surface area contributed by atoms with Gasteiger partial charge in [-0.3, -0.25) is 4.79 Å². The smallest absolute Gasteiger partial charge is 0.218 e. The van der Waals surface area contributed by atoms with Gasteiger partial charge in [-0.05, 0) is 11.0 Å². The molecule has 82 valence electrons. The molecule has 1 aromatic rings. The van der Waals surface area contributed by atoms with Crippen molar-refractivity contribution in [2.45, 2.75) is 32.5 Å². The van der Waals surface area contributed by atoms with Gasteiger partial charge in [0.15, 0.2) is 0 Å². The van der Waals surface area contributed by atoms with Crippen molar-refractivity contribution in [1.29, 1.82) is 0 Å². The molecule has 1 rings (SSSR count). The lowest BCUT2D eigenvalue weighted by Crippen LogP contribution is -2.19. The molecule has 0 saturated heterocycles. The van der Waals surface area contributed by atoms with Crippen LogP contribution in [0.15, 0.2) is 24.3 Å². The number of Topliss-reactive ketones (excluding diaryl/α,β-unsaturated/α-hetero) is 1. The van der Waals surface area contributed by atoms with E-state index in [9.17, 15) is 4.79 Å². The summed E-state index contributed by atoms with van der Waals surface area (Å²) in [5.74, 6) is -0.671. The molecule has 0 amide bonds. The lowest BCUT2D eigenvalue weighted by Gasteiger charge is -2.19. The first-order chi connectivity index (χ1) is 6.82. The molecular weight excluding hydrogens is 192 g/mol. The van der Waals surface area contributed by atoms with Crippen LogP contribution in [0.1, 0.15) is 36.7 Å². The minimum Gasteiger partial charge on any atom is -0.362 e. The molecular formula is C12H16O3. The second kappa shape index (κ2) is 4.13. The van der Waals surface area contributed by atoms with E-state index in [4.69, 9.17) is 10.2 Å². The highest BCUT2D eigenvalue weighted by Crippen LogP contribution is 2.22. The molecule has 0 aromatic heterocycles. The minimum atomic E-state index is -1.93. The zero-order chi connectivity index (χ0) is 11.6. The van der Waals surface area contributed by atoms with Gasteiger partial charge in [-0.2, -0.15) is 0 Å². The first-order valence-electron chi connectivity index (χ1n) is 4.83. The molecule has 15 heavy (non-hydrogen) atoms. The van der Waals surface area contributed by atoms with Crippen molar-refractivity contribution in [2.24, 2.45) is 0 Å². The molecule has 3 heteroatoms. The summed E-state index contributed by atoms with van der Waals surface area (Å²) in [6, 6.07) is 6.88. The van der Waals surface area contributed by atoms with E-state index in [1.54, 1.807) is 12.1 Å². The Labute approximate surface area is 89.4 Å². The number of hydrogen-bond acceptors (Lipinski definition) is 3. The summed E-state index contributed by atoms with van der Waals surface area (Å²) in [6.45, 7) is 6.22. The van der Waals surface area contributed by atoms with Crippen LogP contribution in [0, 0.1) is 0 Å². The molecule has 0 unspecified atom stereocenters. The van der Waals surface area contributed by atoms with Gasteiger partial charge in [-0.1, -0.05) is 45.0 Å². The third-order valence-corrected chi connectivity index (χ3v) is 2.27. The highest BCUT2D eigenvalue weighted by Gasteiger charge is 2.16. The molecule has 0 atom stereocenters. The van der Waals surface area contributed by atoms with Gasteiger partial charge in [0, 0.05) is 5.56 Å². The average molecular weight is 208 g/mol. The van der Waals surface area contributed by atoms with Crippen molar-refractivity contribution in [2.75, 3.05) is 0 Å². The summed E-state index contributed by atoms with van der Waals surface area (Å²) in [5, 5.41) is 17.4. The summed E-state index contributed by atoms with van der Waals surface area (Å²) in [4.78, 5) is 11.2. The lowest BCUT2D eigenvalue weighted by molar-refractivity contribution is -0.0195. The van der Waals surface area contributed by atoms with E-state index >= 15 is 0 Å². The maximum absolute atomic E-state index is 11.2. The van der Waals surface area contributed by atoms with Gasteiger partial charge in [0.2, 0.25) is 12.1 Å².